The van der Waals surface area contributed by atoms with Gasteiger partial charge in [-0.3, -0.25) is 0 Å². The van der Waals surface area contributed by atoms with Crippen LogP contribution in [0.3, 0.4) is 0 Å². The van der Waals surface area contributed by atoms with Gasteiger partial charge in [0.25, 0.3) is 0 Å². The van der Waals surface area contributed by atoms with E-state index in [1.165, 1.54) is 18.1 Å². The Balaban J connectivity index is 2.36. The van der Waals surface area contributed by atoms with Crippen molar-refractivity contribution in [3.05, 3.63) is 22.3 Å². The molecule has 0 amide bonds. The summed E-state index contributed by atoms with van der Waals surface area (Å²) < 4.78 is 3.42. The lowest BCUT2D eigenvalue weighted by Gasteiger charge is -2.02. The van der Waals surface area contributed by atoms with Gasteiger partial charge in [0.05, 0.1) is 0 Å². The van der Waals surface area contributed by atoms with Crippen molar-refractivity contribution < 1.29 is 4.92 Å². The van der Waals surface area contributed by atoms with Gasteiger partial charge in [-0.25, -0.2) is 0 Å². The van der Waals surface area contributed by atoms with Crippen molar-refractivity contribution in [3.63, 3.8) is 0 Å². The Morgan fingerprint density at radius 3 is 2.72 bits per heavy atom. The third-order valence-corrected chi connectivity index (χ3v) is 3.67. The fourth-order valence-corrected chi connectivity index (χ4v) is 2.38. The maximum Gasteiger partial charge on any atom is 0.396 e. The lowest BCUT2D eigenvalue weighted by Crippen LogP contribution is -1.99. The lowest BCUT2D eigenvalue weighted by molar-refractivity contribution is -0.392. The molecular weight excluding hydrogens is 256 g/mol. The summed E-state index contributed by atoms with van der Waals surface area (Å²) in [7, 11) is 3.54. The second kappa shape index (κ2) is 4.77. The van der Waals surface area contributed by atoms with Crippen LogP contribution in [0.5, 0.6) is 0 Å². The molecule has 2 heterocycles. The zero-order chi connectivity index (χ0) is 13.3. The average Bonchev–Trinajstić information content (AvgIpc) is 2.85. The van der Waals surface area contributed by atoms with Crippen molar-refractivity contribution in [1.82, 2.24) is 24.3 Å². The van der Waals surface area contributed by atoms with E-state index in [9.17, 15) is 10.1 Å². The number of nitrogens with zero attached hydrogens (tertiary/aromatic N) is 6. The van der Waals surface area contributed by atoms with Gasteiger partial charge in [0.1, 0.15) is 5.82 Å². The van der Waals surface area contributed by atoms with E-state index in [2.05, 4.69) is 15.2 Å². The van der Waals surface area contributed by atoms with E-state index < -0.39 is 4.92 Å². The monoisotopic (exact) mass is 268 g/mol. The minimum Gasteiger partial charge on any atom is -0.358 e. The fraction of sp³-hybridized carbons (Fsp3) is 0.444. The highest BCUT2D eigenvalue weighted by Gasteiger charge is 2.23. The quantitative estimate of drug-likeness (QED) is 0.610. The Morgan fingerprint density at radius 2 is 2.17 bits per heavy atom. The number of rotatable bonds is 4. The Kier molecular flexibility index (Phi) is 3.32. The van der Waals surface area contributed by atoms with Gasteiger partial charge in [-0.15, -0.1) is 10.2 Å². The van der Waals surface area contributed by atoms with Gasteiger partial charge in [-0.05, 0) is 21.7 Å². The van der Waals surface area contributed by atoms with Crippen LogP contribution in [-0.2, 0) is 20.5 Å². The zero-order valence-electron chi connectivity index (χ0n) is 10.2. The Labute approximate surface area is 107 Å². The van der Waals surface area contributed by atoms with Crippen LogP contribution >= 0.6 is 11.8 Å². The number of hydrogen-bond acceptors (Lipinski definition) is 6. The summed E-state index contributed by atoms with van der Waals surface area (Å²) in [4.78, 5) is 14.1. The molecule has 2 rings (SSSR count). The third kappa shape index (κ3) is 2.08. The summed E-state index contributed by atoms with van der Waals surface area (Å²) in [6.45, 7) is 1.98. The number of aryl methyl sites for hydroxylation is 2. The molecular formula is C9H12N6O2S. The molecule has 2 aromatic heterocycles. The van der Waals surface area contributed by atoms with E-state index in [0.29, 0.717) is 10.2 Å². The third-order valence-electron chi connectivity index (χ3n) is 2.47. The lowest BCUT2D eigenvalue weighted by atomic mass is 10.5. The molecule has 0 spiro atoms. The predicted octanol–water partition coefficient (Wildman–Crippen LogP) is 1.17. The molecule has 0 aliphatic carbocycles. The first-order valence-electron chi connectivity index (χ1n) is 5.26. The molecule has 0 aromatic carbocycles. The molecule has 0 N–H and O–H groups in total. The summed E-state index contributed by atoms with van der Waals surface area (Å²) in [5.74, 6) is 0.672. The first-order chi connectivity index (χ1) is 8.54. The minimum absolute atomic E-state index is 0.163. The maximum absolute atomic E-state index is 10.8. The highest BCUT2D eigenvalue weighted by molar-refractivity contribution is 7.99. The van der Waals surface area contributed by atoms with Crippen molar-refractivity contribution in [2.24, 2.45) is 14.1 Å². The predicted molar refractivity (Wildman–Crippen MR) is 64.4 cm³/mol. The average molecular weight is 268 g/mol. The number of imidazole rings is 1. The number of nitro groups is 1. The normalized spacial score (nSPS) is 10.8. The number of aromatic nitrogens is 5. The molecule has 0 radical (unpaired) electrons. The second-order valence-corrected chi connectivity index (χ2v) is 4.61. The molecule has 8 nitrogen and oxygen atoms in total. The molecule has 0 bridgehead atoms. The summed E-state index contributed by atoms with van der Waals surface area (Å²) >= 11 is 1.19. The first kappa shape index (κ1) is 12.6. The van der Waals surface area contributed by atoms with Crippen molar-refractivity contribution >= 4 is 17.6 Å². The standard InChI is InChI=1S/C9H12N6O2S/c1-4-6-11-12-9(14(6)3)18-8-7(15(16)17)10-5-13(8)2/h5H,4H2,1-3H3. The van der Waals surface area contributed by atoms with E-state index in [0.717, 1.165) is 12.2 Å². The highest BCUT2D eigenvalue weighted by Crippen LogP contribution is 2.32. The fourth-order valence-electron chi connectivity index (χ4n) is 1.48. The van der Waals surface area contributed by atoms with E-state index in [1.807, 2.05) is 18.5 Å². The molecule has 2 aromatic rings. The summed E-state index contributed by atoms with van der Waals surface area (Å²) in [5, 5.41) is 19.9. The Morgan fingerprint density at radius 1 is 1.44 bits per heavy atom. The van der Waals surface area contributed by atoms with Gasteiger partial charge in [0.2, 0.25) is 6.33 Å². The second-order valence-electron chi connectivity index (χ2n) is 3.65. The molecule has 0 aliphatic heterocycles. The molecule has 0 saturated heterocycles. The summed E-state index contributed by atoms with van der Waals surface area (Å²) in [6, 6.07) is 0. The summed E-state index contributed by atoms with van der Waals surface area (Å²) in [5.41, 5.74) is 0. The molecule has 18 heavy (non-hydrogen) atoms. The van der Waals surface area contributed by atoms with Crippen LogP contribution in [0.15, 0.2) is 16.5 Å². The topological polar surface area (TPSA) is 91.7 Å². The highest BCUT2D eigenvalue weighted by atomic mass is 32.2. The van der Waals surface area contributed by atoms with Crippen LogP contribution in [0.25, 0.3) is 0 Å². The minimum atomic E-state index is -0.501. The maximum atomic E-state index is 10.8. The molecule has 96 valence electrons. The number of hydrogen-bond donors (Lipinski definition) is 0. The van der Waals surface area contributed by atoms with Gasteiger partial charge in [0.15, 0.2) is 10.2 Å². The van der Waals surface area contributed by atoms with E-state index in [1.54, 1.807) is 11.6 Å². The van der Waals surface area contributed by atoms with Crippen LogP contribution < -0.4 is 0 Å². The molecule has 0 unspecified atom stereocenters. The molecule has 0 atom stereocenters. The Bertz CT molecular complexity index is 590. The van der Waals surface area contributed by atoms with Crippen molar-refractivity contribution in [3.8, 4) is 0 Å². The zero-order valence-corrected chi connectivity index (χ0v) is 11.0. The van der Waals surface area contributed by atoms with Crippen LogP contribution in [0.1, 0.15) is 12.7 Å². The molecule has 0 aliphatic rings. The van der Waals surface area contributed by atoms with Crippen LogP contribution in [0.4, 0.5) is 5.82 Å². The van der Waals surface area contributed by atoms with E-state index in [-0.39, 0.29) is 5.82 Å². The van der Waals surface area contributed by atoms with Crippen molar-refractivity contribution in [1.29, 1.82) is 0 Å². The van der Waals surface area contributed by atoms with Crippen LogP contribution in [0.2, 0.25) is 0 Å². The van der Waals surface area contributed by atoms with Gasteiger partial charge in [0, 0.05) is 20.5 Å². The largest absolute Gasteiger partial charge is 0.396 e. The van der Waals surface area contributed by atoms with Crippen molar-refractivity contribution in [2.45, 2.75) is 23.5 Å². The van der Waals surface area contributed by atoms with Gasteiger partial charge in [-0.1, -0.05) is 6.92 Å². The van der Waals surface area contributed by atoms with Crippen LogP contribution in [-0.4, -0.2) is 29.2 Å². The van der Waals surface area contributed by atoms with Gasteiger partial charge < -0.3 is 19.2 Å². The van der Waals surface area contributed by atoms with Crippen molar-refractivity contribution in [2.75, 3.05) is 0 Å². The van der Waals surface area contributed by atoms with E-state index in [4.69, 9.17) is 0 Å². The van der Waals surface area contributed by atoms with Gasteiger partial charge in [-0.2, -0.15) is 0 Å². The summed E-state index contributed by atoms with van der Waals surface area (Å²) in [6.07, 6.45) is 2.18. The van der Waals surface area contributed by atoms with E-state index >= 15 is 0 Å². The molecule has 0 saturated carbocycles. The molecule has 0 fully saturated rings. The molecule has 9 heteroatoms. The van der Waals surface area contributed by atoms with Crippen LogP contribution in [0, 0.1) is 10.1 Å². The SMILES string of the molecule is CCc1nnc(Sc2c([N+](=O)[O-])ncn2C)n1C. The van der Waals surface area contributed by atoms with Gasteiger partial charge >= 0.3 is 5.82 Å². The first-order valence-corrected chi connectivity index (χ1v) is 6.08. The Hall–Kier alpha value is -1.90. The smallest absolute Gasteiger partial charge is 0.358 e.